The van der Waals surface area contributed by atoms with Gasteiger partial charge in [0.25, 0.3) is 0 Å². The third-order valence-corrected chi connectivity index (χ3v) is 9.18. The van der Waals surface area contributed by atoms with E-state index in [1.807, 2.05) is 0 Å². The van der Waals surface area contributed by atoms with Crippen LogP contribution in [0.15, 0.2) is 66.9 Å². The van der Waals surface area contributed by atoms with Crippen LogP contribution in [0.2, 0.25) is 0 Å². The molecule has 256 valence electrons. The first kappa shape index (κ1) is 36.8. The van der Waals surface area contributed by atoms with Gasteiger partial charge in [0.05, 0.1) is 10.6 Å². The number of nitrogens with zero attached hydrogens (tertiary/aromatic N) is 2. The predicted molar refractivity (Wildman–Crippen MR) is 205 cm³/mol. The molecule has 0 unspecified atom stereocenters. The number of benzene rings is 3. The second kappa shape index (κ2) is 12.5. The van der Waals surface area contributed by atoms with Gasteiger partial charge < -0.3 is 5.32 Å². The van der Waals surface area contributed by atoms with E-state index in [-0.39, 0.29) is 43.5 Å². The zero-order valence-corrected chi connectivity index (χ0v) is 32.1. The lowest BCUT2D eigenvalue weighted by atomic mass is 9.76. The van der Waals surface area contributed by atoms with Gasteiger partial charge in [-0.05, 0) is 84.2 Å². The summed E-state index contributed by atoms with van der Waals surface area (Å²) in [5.41, 5.74) is 10.5. The van der Waals surface area contributed by atoms with Crippen molar-refractivity contribution in [2.75, 3.05) is 5.32 Å². The molecule has 1 heterocycles. The zero-order valence-electron chi connectivity index (χ0n) is 32.1. The van der Waals surface area contributed by atoms with Crippen molar-refractivity contribution in [3.05, 3.63) is 105 Å². The number of hydrogen-bond donors (Lipinski definition) is 1. The van der Waals surface area contributed by atoms with Gasteiger partial charge in [0.2, 0.25) is 5.82 Å². The number of pyridine rings is 1. The minimum Gasteiger partial charge on any atom is -0.333 e. The van der Waals surface area contributed by atoms with E-state index in [2.05, 4.69) is 163 Å². The molecule has 1 N–H and O–H groups in total. The molecular formula is C43H57N3O2. The Hall–Kier alpha value is -3.99. The summed E-state index contributed by atoms with van der Waals surface area (Å²) in [6, 6.07) is 21.5. The Morgan fingerprint density at radius 2 is 0.875 bits per heavy atom. The first-order valence-electron chi connectivity index (χ1n) is 17.1. The molecule has 5 heteroatoms. The third kappa shape index (κ3) is 8.17. The first-order valence-corrected chi connectivity index (χ1v) is 17.1. The molecule has 0 aliphatic heterocycles. The maximum atomic E-state index is 12.3. The Labute approximate surface area is 289 Å². The fourth-order valence-electron chi connectivity index (χ4n) is 5.72. The summed E-state index contributed by atoms with van der Waals surface area (Å²) in [5, 5.41) is 15.8. The highest BCUT2D eigenvalue weighted by Gasteiger charge is 2.28. The SMILES string of the molecule is CC(C)(C)c1cc(-c2cc(C(C)(C)C)cc(-c3cc(C(C)(C)C)cc(C(C)(C)C)c3)c2Nc2ncccc2[N+](=O)[O-])cc(C(C)(C)C)c1. The molecule has 4 rings (SSSR count). The monoisotopic (exact) mass is 647 g/mol. The van der Waals surface area contributed by atoms with Crippen LogP contribution >= 0.6 is 0 Å². The molecule has 0 aliphatic carbocycles. The molecule has 1 aromatic heterocycles. The summed E-state index contributed by atoms with van der Waals surface area (Å²) in [7, 11) is 0. The van der Waals surface area contributed by atoms with Gasteiger partial charge in [-0.2, -0.15) is 0 Å². The number of nitrogens with one attached hydrogen (secondary N) is 1. The molecule has 0 amide bonds. The van der Waals surface area contributed by atoms with Crippen molar-refractivity contribution in [1.29, 1.82) is 0 Å². The molecule has 4 aromatic rings. The molecule has 0 fully saturated rings. The number of nitro groups is 1. The first-order chi connectivity index (χ1) is 21.8. The van der Waals surface area contributed by atoms with E-state index < -0.39 is 0 Å². The maximum Gasteiger partial charge on any atom is 0.311 e. The largest absolute Gasteiger partial charge is 0.333 e. The summed E-state index contributed by atoms with van der Waals surface area (Å²) >= 11 is 0. The van der Waals surface area contributed by atoms with Crippen molar-refractivity contribution in [1.82, 2.24) is 4.98 Å². The van der Waals surface area contributed by atoms with Gasteiger partial charge in [0.15, 0.2) is 0 Å². The highest BCUT2D eigenvalue weighted by atomic mass is 16.6. The Bertz CT molecular complexity index is 1670. The molecule has 0 saturated carbocycles. The number of hydrogen-bond acceptors (Lipinski definition) is 4. The zero-order chi connectivity index (χ0) is 36.2. The second-order valence-electron chi connectivity index (χ2n) is 18.5. The lowest BCUT2D eigenvalue weighted by Gasteiger charge is -2.30. The standard InChI is InChI=1S/C43H57N3O2/c1-39(2,3)29-19-27(20-30(23-29)40(4,5)6)34-25-33(43(13,14)15)26-35(37(34)45-38-36(46(47)48)17-16-18-44-38)28-21-31(41(7,8)9)24-32(22-28)42(10,11)12/h16-26H,1-15H3,(H,44,45). The lowest BCUT2D eigenvalue weighted by Crippen LogP contribution is -2.17. The Morgan fingerprint density at radius 1 is 0.542 bits per heavy atom. The highest BCUT2D eigenvalue weighted by Crippen LogP contribution is 2.46. The minimum atomic E-state index is -0.367. The van der Waals surface area contributed by atoms with Gasteiger partial charge in [0, 0.05) is 23.4 Å². The maximum absolute atomic E-state index is 12.3. The Morgan fingerprint density at radius 3 is 1.19 bits per heavy atom. The van der Waals surface area contributed by atoms with Crippen molar-refractivity contribution >= 4 is 17.2 Å². The molecule has 0 aliphatic rings. The summed E-state index contributed by atoms with van der Waals surface area (Å²) in [5.74, 6) is 0.222. The van der Waals surface area contributed by atoms with Crippen LogP contribution in [0.5, 0.6) is 0 Å². The van der Waals surface area contributed by atoms with Gasteiger partial charge in [-0.15, -0.1) is 0 Å². The normalized spacial score (nSPS) is 13.1. The van der Waals surface area contributed by atoms with Crippen molar-refractivity contribution < 1.29 is 4.92 Å². The van der Waals surface area contributed by atoms with Crippen molar-refractivity contribution in [3.8, 4) is 22.3 Å². The van der Waals surface area contributed by atoms with Crippen LogP contribution in [0.4, 0.5) is 17.2 Å². The van der Waals surface area contributed by atoms with Crippen LogP contribution in [0.25, 0.3) is 22.3 Å². The molecule has 0 atom stereocenters. The minimum absolute atomic E-state index is 0.0630. The van der Waals surface area contributed by atoms with Crippen LogP contribution < -0.4 is 5.32 Å². The molecule has 0 spiro atoms. The molecular weight excluding hydrogens is 590 g/mol. The number of aromatic nitrogens is 1. The van der Waals surface area contributed by atoms with Crippen LogP contribution in [0.1, 0.15) is 132 Å². The van der Waals surface area contributed by atoms with Crippen LogP contribution in [-0.4, -0.2) is 9.91 Å². The van der Waals surface area contributed by atoms with Crippen LogP contribution in [-0.2, 0) is 27.1 Å². The summed E-state index contributed by atoms with van der Waals surface area (Å²) in [6.07, 6.45) is 1.61. The Kier molecular flexibility index (Phi) is 9.57. The summed E-state index contributed by atoms with van der Waals surface area (Å²) in [4.78, 5) is 16.4. The highest BCUT2D eigenvalue weighted by molar-refractivity contribution is 5.94. The van der Waals surface area contributed by atoms with E-state index in [4.69, 9.17) is 0 Å². The Balaban J connectivity index is 2.26. The van der Waals surface area contributed by atoms with Gasteiger partial charge in [0.1, 0.15) is 0 Å². The van der Waals surface area contributed by atoms with Crippen molar-refractivity contribution in [2.45, 2.75) is 131 Å². The molecule has 0 saturated heterocycles. The fraction of sp³-hybridized carbons (Fsp3) is 0.465. The van der Waals surface area contributed by atoms with Gasteiger partial charge in [-0.3, -0.25) is 10.1 Å². The second-order valence-corrected chi connectivity index (χ2v) is 18.5. The molecule has 3 aromatic carbocycles. The smallest absolute Gasteiger partial charge is 0.311 e. The van der Waals surface area contributed by atoms with Crippen LogP contribution in [0, 0.1) is 10.1 Å². The van der Waals surface area contributed by atoms with Gasteiger partial charge in [-0.1, -0.05) is 140 Å². The van der Waals surface area contributed by atoms with Crippen LogP contribution in [0.3, 0.4) is 0 Å². The van der Waals surface area contributed by atoms with Crippen molar-refractivity contribution in [3.63, 3.8) is 0 Å². The predicted octanol–water partition coefficient (Wildman–Crippen LogP) is 12.6. The van der Waals surface area contributed by atoms with Crippen molar-refractivity contribution in [2.24, 2.45) is 0 Å². The van der Waals surface area contributed by atoms with E-state index in [0.717, 1.165) is 27.9 Å². The fourth-order valence-corrected chi connectivity index (χ4v) is 5.72. The number of anilines is 2. The average molecular weight is 648 g/mol. The lowest BCUT2D eigenvalue weighted by molar-refractivity contribution is -0.384. The quantitative estimate of drug-likeness (QED) is 0.173. The van der Waals surface area contributed by atoms with Gasteiger partial charge >= 0.3 is 5.69 Å². The number of rotatable bonds is 5. The molecule has 0 bridgehead atoms. The molecule has 48 heavy (non-hydrogen) atoms. The van der Waals surface area contributed by atoms with E-state index in [1.165, 1.54) is 33.9 Å². The van der Waals surface area contributed by atoms with E-state index in [1.54, 1.807) is 12.3 Å². The average Bonchev–Trinajstić information content (AvgIpc) is 2.94. The molecule has 5 nitrogen and oxygen atoms in total. The third-order valence-electron chi connectivity index (χ3n) is 9.18. The molecule has 0 radical (unpaired) electrons. The summed E-state index contributed by atoms with van der Waals surface area (Å²) < 4.78 is 0. The topological polar surface area (TPSA) is 68.1 Å². The van der Waals surface area contributed by atoms with E-state index in [0.29, 0.717) is 0 Å². The summed E-state index contributed by atoms with van der Waals surface area (Å²) in [6.45, 7) is 33.7. The van der Waals surface area contributed by atoms with E-state index in [9.17, 15) is 10.1 Å². The van der Waals surface area contributed by atoms with Gasteiger partial charge in [-0.25, -0.2) is 4.98 Å². The van der Waals surface area contributed by atoms with E-state index >= 15 is 0 Å².